The van der Waals surface area contributed by atoms with E-state index in [1.54, 1.807) is 0 Å². The first-order valence-electron chi connectivity index (χ1n) is 10.7. The lowest BCUT2D eigenvalue weighted by atomic mass is 9.86. The zero-order valence-electron chi connectivity index (χ0n) is 18.7. The van der Waals surface area contributed by atoms with Gasteiger partial charge in [0.15, 0.2) is 5.16 Å². The van der Waals surface area contributed by atoms with Gasteiger partial charge in [0.1, 0.15) is 11.6 Å². The first-order valence-corrected chi connectivity index (χ1v) is 11.7. The summed E-state index contributed by atoms with van der Waals surface area (Å²) in [5.41, 5.74) is 3.41. The summed E-state index contributed by atoms with van der Waals surface area (Å²) < 4.78 is 7.79. The predicted molar refractivity (Wildman–Crippen MR) is 128 cm³/mol. The van der Waals surface area contributed by atoms with E-state index in [9.17, 15) is 9.59 Å². The van der Waals surface area contributed by atoms with Crippen LogP contribution >= 0.6 is 11.8 Å². The van der Waals surface area contributed by atoms with E-state index >= 15 is 0 Å². The van der Waals surface area contributed by atoms with E-state index in [1.807, 2.05) is 61.9 Å². The van der Waals surface area contributed by atoms with Crippen LogP contribution in [0.5, 0.6) is 5.75 Å². The monoisotopic (exact) mass is 449 g/mol. The number of aryl methyl sites for hydroxylation is 1. The summed E-state index contributed by atoms with van der Waals surface area (Å²) in [6.45, 7) is 5.98. The Kier molecular flexibility index (Phi) is 6.37. The molecule has 0 radical (unpaired) electrons. The molecule has 2 heterocycles. The summed E-state index contributed by atoms with van der Waals surface area (Å²) in [7, 11) is 1.84. The Morgan fingerprint density at radius 2 is 1.88 bits per heavy atom. The van der Waals surface area contributed by atoms with Crippen LogP contribution in [0, 0.1) is 6.92 Å². The van der Waals surface area contributed by atoms with Crippen LogP contribution < -0.4 is 15.6 Å². The number of amides is 1. The van der Waals surface area contributed by atoms with Crippen molar-refractivity contribution in [2.45, 2.75) is 50.1 Å². The number of thioether (sulfide) groups is 1. The number of fused-ring (bicyclic) bond motifs is 1. The summed E-state index contributed by atoms with van der Waals surface area (Å²) in [6.07, 6.45) is 0.159. The number of ether oxygens (including phenoxy) is 1. The molecule has 0 saturated carbocycles. The van der Waals surface area contributed by atoms with E-state index in [2.05, 4.69) is 29.4 Å². The van der Waals surface area contributed by atoms with E-state index in [0.29, 0.717) is 28.0 Å². The Bertz CT molecular complexity index is 1220. The molecule has 0 saturated heterocycles. The first kappa shape index (κ1) is 22.1. The third kappa shape index (κ3) is 4.43. The average molecular weight is 450 g/mol. The fraction of sp³-hybridized carbons (Fsp3) is 0.320. The molecule has 4 rings (SSSR count). The molecular weight excluding hydrogens is 422 g/mol. The van der Waals surface area contributed by atoms with Crippen LogP contribution in [0.3, 0.4) is 0 Å². The summed E-state index contributed by atoms with van der Waals surface area (Å²) >= 11 is 1.49. The van der Waals surface area contributed by atoms with E-state index in [0.717, 1.165) is 5.56 Å². The second-order valence-corrected chi connectivity index (χ2v) is 9.19. The van der Waals surface area contributed by atoms with Gasteiger partial charge in [0.2, 0.25) is 5.91 Å². The highest BCUT2D eigenvalue weighted by molar-refractivity contribution is 7.98. The quantitative estimate of drug-likeness (QED) is 0.438. The highest BCUT2D eigenvalue weighted by Gasteiger charge is 2.33. The lowest BCUT2D eigenvalue weighted by Gasteiger charge is -2.28. The van der Waals surface area contributed by atoms with Crippen molar-refractivity contribution >= 4 is 23.5 Å². The molecular formula is C25H27N3O3S. The van der Waals surface area contributed by atoms with Crippen molar-refractivity contribution in [1.29, 1.82) is 0 Å². The Labute approximate surface area is 192 Å². The lowest BCUT2D eigenvalue weighted by Crippen LogP contribution is -2.33. The van der Waals surface area contributed by atoms with Crippen LogP contribution in [-0.4, -0.2) is 21.6 Å². The largest absolute Gasteiger partial charge is 0.491 e. The fourth-order valence-electron chi connectivity index (χ4n) is 3.97. The van der Waals surface area contributed by atoms with Gasteiger partial charge in [-0.3, -0.25) is 9.59 Å². The van der Waals surface area contributed by atoms with E-state index in [-0.39, 0.29) is 24.0 Å². The van der Waals surface area contributed by atoms with Crippen LogP contribution in [0.4, 0.5) is 5.82 Å². The van der Waals surface area contributed by atoms with E-state index in [4.69, 9.17) is 4.74 Å². The van der Waals surface area contributed by atoms with Crippen LogP contribution in [0.1, 0.15) is 48.4 Å². The molecule has 32 heavy (non-hydrogen) atoms. The number of rotatable bonds is 6. The zero-order valence-corrected chi connectivity index (χ0v) is 19.5. The van der Waals surface area contributed by atoms with Crippen molar-refractivity contribution in [3.05, 3.63) is 81.1 Å². The van der Waals surface area contributed by atoms with Gasteiger partial charge in [0.25, 0.3) is 5.56 Å². The number of nitrogens with zero attached hydrogens (tertiary/aromatic N) is 2. The van der Waals surface area contributed by atoms with Crippen molar-refractivity contribution in [3.8, 4) is 5.75 Å². The molecule has 0 fully saturated rings. The van der Waals surface area contributed by atoms with Crippen LogP contribution in [0.2, 0.25) is 0 Å². The van der Waals surface area contributed by atoms with Gasteiger partial charge >= 0.3 is 0 Å². The smallest absolute Gasteiger partial charge is 0.279 e. The van der Waals surface area contributed by atoms with E-state index in [1.165, 1.54) is 22.9 Å². The van der Waals surface area contributed by atoms with Gasteiger partial charge in [-0.2, -0.15) is 4.98 Å². The number of hydrogen-bond acceptors (Lipinski definition) is 5. The number of carbonyl (C=O) groups is 1. The normalized spacial score (nSPS) is 15.4. The molecule has 0 aliphatic carbocycles. The van der Waals surface area contributed by atoms with Crippen molar-refractivity contribution in [3.63, 3.8) is 0 Å². The Morgan fingerprint density at radius 1 is 1.16 bits per heavy atom. The van der Waals surface area contributed by atoms with Crippen LogP contribution in [-0.2, 0) is 17.6 Å². The minimum atomic E-state index is -0.407. The highest BCUT2D eigenvalue weighted by atomic mass is 32.2. The molecule has 1 aromatic heterocycles. The molecule has 7 heteroatoms. The van der Waals surface area contributed by atoms with E-state index < -0.39 is 5.92 Å². The number of para-hydroxylation sites is 1. The van der Waals surface area contributed by atoms with Crippen LogP contribution in [0.15, 0.2) is 58.5 Å². The van der Waals surface area contributed by atoms with Gasteiger partial charge in [-0.25, -0.2) is 0 Å². The van der Waals surface area contributed by atoms with Gasteiger partial charge in [-0.1, -0.05) is 54.2 Å². The zero-order chi connectivity index (χ0) is 22.8. The molecule has 1 aliphatic heterocycles. The Balaban J connectivity index is 1.74. The molecule has 6 nitrogen and oxygen atoms in total. The van der Waals surface area contributed by atoms with Crippen molar-refractivity contribution in [2.75, 3.05) is 5.32 Å². The summed E-state index contributed by atoms with van der Waals surface area (Å²) in [5, 5.41) is 3.48. The van der Waals surface area contributed by atoms with Gasteiger partial charge in [-0.05, 0) is 38.0 Å². The molecule has 2 aromatic carbocycles. The Morgan fingerprint density at radius 3 is 2.62 bits per heavy atom. The number of nitrogens with one attached hydrogen (secondary N) is 1. The standard InChI is InChI=1S/C25H27N3O3S/c1-15(2)31-20-12-8-7-11-18(20)19-13-21(29)26-23-22(19)24(30)27-25(28(23)4)32-14-17-10-6-5-9-16(17)3/h5-12,15,19H,13-14H2,1-4H3,(H,26,29). The number of anilines is 1. The number of carbonyl (C=O) groups excluding carboxylic acids is 1. The maximum atomic E-state index is 13.2. The maximum absolute atomic E-state index is 13.2. The highest BCUT2D eigenvalue weighted by Crippen LogP contribution is 2.40. The summed E-state index contributed by atoms with van der Waals surface area (Å²) in [6, 6.07) is 15.7. The Hall–Kier alpha value is -3.06. The summed E-state index contributed by atoms with van der Waals surface area (Å²) in [5.74, 6) is 1.35. The SMILES string of the molecule is Cc1ccccc1CSc1nc(=O)c2c(n1C)NC(=O)CC2c1ccccc1OC(C)C. The number of aromatic nitrogens is 2. The van der Waals surface area contributed by atoms with Crippen molar-refractivity contribution in [2.24, 2.45) is 7.05 Å². The second-order valence-electron chi connectivity index (χ2n) is 8.25. The lowest BCUT2D eigenvalue weighted by molar-refractivity contribution is -0.116. The molecule has 1 unspecified atom stereocenters. The van der Waals surface area contributed by atoms with Crippen LogP contribution in [0.25, 0.3) is 0 Å². The molecule has 1 atom stereocenters. The van der Waals surface area contributed by atoms with Gasteiger partial charge < -0.3 is 14.6 Å². The summed E-state index contributed by atoms with van der Waals surface area (Å²) in [4.78, 5) is 30.3. The minimum absolute atomic E-state index is 0.0192. The predicted octanol–water partition coefficient (Wildman–Crippen LogP) is 4.64. The average Bonchev–Trinajstić information content (AvgIpc) is 2.75. The fourth-order valence-corrected chi connectivity index (χ4v) is 5.01. The molecule has 166 valence electrons. The molecule has 0 bridgehead atoms. The van der Waals surface area contributed by atoms with Gasteiger partial charge in [0, 0.05) is 30.7 Å². The third-order valence-electron chi connectivity index (χ3n) is 5.58. The second kappa shape index (κ2) is 9.20. The molecule has 0 spiro atoms. The molecule has 1 N–H and O–H groups in total. The molecule has 1 amide bonds. The molecule has 3 aromatic rings. The molecule has 1 aliphatic rings. The first-order chi connectivity index (χ1) is 15.3. The van der Waals surface area contributed by atoms with Gasteiger partial charge in [0.05, 0.1) is 11.7 Å². The van der Waals surface area contributed by atoms with Gasteiger partial charge in [-0.15, -0.1) is 0 Å². The number of benzene rings is 2. The minimum Gasteiger partial charge on any atom is -0.491 e. The topological polar surface area (TPSA) is 73.2 Å². The third-order valence-corrected chi connectivity index (χ3v) is 6.65. The van der Waals surface area contributed by atoms with Crippen molar-refractivity contribution < 1.29 is 9.53 Å². The van der Waals surface area contributed by atoms with Crippen molar-refractivity contribution in [1.82, 2.24) is 9.55 Å². The number of hydrogen-bond donors (Lipinski definition) is 1. The maximum Gasteiger partial charge on any atom is 0.279 e.